The van der Waals surface area contributed by atoms with Crippen LogP contribution >= 0.6 is 11.3 Å². The van der Waals surface area contributed by atoms with Crippen molar-refractivity contribution < 1.29 is 9.32 Å². The highest BCUT2D eigenvalue weighted by Crippen LogP contribution is 2.22. The molecule has 0 atom stereocenters. The molecule has 0 radical (unpaired) electrons. The number of hydrogen-bond donors (Lipinski definition) is 1. The summed E-state index contributed by atoms with van der Waals surface area (Å²) in [6.07, 6.45) is 1.37. The quantitative estimate of drug-likeness (QED) is 0.599. The van der Waals surface area contributed by atoms with Crippen LogP contribution in [0.4, 0.5) is 5.88 Å². The molecule has 0 saturated heterocycles. The molecule has 0 bridgehead atoms. The van der Waals surface area contributed by atoms with Gasteiger partial charge in [0.25, 0.3) is 5.56 Å². The van der Waals surface area contributed by atoms with Gasteiger partial charge in [-0.3, -0.25) is 19.5 Å². The zero-order chi connectivity index (χ0) is 18.1. The molecular formula is C18H14N4O3S. The van der Waals surface area contributed by atoms with Crippen molar-refractivity contribution in [2.24, 2.45) is 0 Å². The van der Waals surface area contributed by atoms with Crippen LogP contribution in [-0.4, -0.2) is 20.6 Å². The van der Waals surface area contributed by atoms with E-state index in [9.17, 15) is 9.59 Å². The highest BCUT2D eigenvalue weighted by Gasteiger charge is 2.12. The Morgan fingerprint density at radius 3 is 2.88 bits per heavy atom. The minimum atomic E-state index is -0.393. The molecule has 0 unspecified atom stereocenters. The molecule has 7 nitrogen and oxygen atoms in total. The lowest BCUT2D eigenvalue weighted by Crippen LogP contribution is -2.27. The van der Waals surface area contributed by atoms with Crippen molar-refractivity contribution >= 4 is 33.3 Å². The summed E-state index contributed by atoms with van der Waals surface area (Å²) in [6, 6.07) is 11.2. The van der Waals surface area contributed by atoms with Crippen molar-refractivity contribution in [1.29, 1.82) is 0 Å². The molecule has 1 aromatic carbocycles. The Morgan fingerprint density at radius 2 is 2.08 bits per heavy atom. The van der Waals surface area contributed by atoms with Gasteiger partial charge in [-0.1, -0.05) is 35.0 Å². The molecule has 3 heterocycles. The Kier molecular flexibility index (Phi) is 4.10. The zero-order valence-electron chi connectivity index (χ0n) is 13.8. The van der Waals surface area contributed by atoms with E-state index in [0.29, 0.717) is 15.9 Å². The maximum atomic E-state index is 12.3. The monoisotopic (exact) mass is 366 g/mol. The molecule has 1 amide bonds. The van der Waals surface area contributed by atoms with E-state index in [4.69, 9.17) is 4.52 Å². The number of fused-ring (bicyclic) bond motifs is 1. The van der Waals surface area contributed by atoms with E-state index in [1.165, 1.54) is 22.2 Å². The number of carbonyl (C=O) groups excluding carboxylic acids is 1. The SMILES string of the molecule is Cc1ccc(-c2cc(NC(=O)Cn3cnc4sccc4c3=O)on2)cc1. The molecule has 1 N–H and O–H groups in total. The zero-order valence-corrected chi connectivity index (χ0v) is 14.6. The average Bonchev–Trinajstić information content (AvgIpc) is 3.28. The molecule has 0 spiro atoms. The maximum Gasteiger partial charge on any atom is 0.262 e. The van der Waals surface area contributed by atoms with Crippen molar-refractivity contribution in [3.05, 3.63) is 64.0 Å². The predicted octanol–water partition coefficient (Wildman–Crippen LogP) is 3.06. The summed E-state index contributed by atoms with van der Waals surface area (Å²) in [5.74, 6) is -0.168. The maximum absolute atomic E-state index is 12.3. The Morgan fingerprint density at radius 1 is 1.27 bits per heavy atom. The third kappa shape index (κ3) is 3.14. The number of thiophene rings is 1. The topological polar surface area (TPSA) is 90.0 Å². The normalized spacial score (nSPS) is 11.0. The fourth-order valence-electron chi connectivity index (χ4n) is 2.53. The molecule has 0 aliphatic rings. The predicted molar refractivity (Wildman–Crippen MR) is 99.2 cm³/mol. The molecule has 8 heteroatoms. The Bertz CT molecular complexity index is 1140. The van der Waals surface area contributed by atoms with Crippen molar-refractivity contribution in [3.63, 3.8) is 0 Å². The summed E-state index contributed by atoms with van der Waals surface area (Å²) >= 11 is 1.38. The average molecular weight is 366 g/mol. The minimum absolute atomic E-state index is 0.155. The number of carbonyl (C=O) groups is 1. The summed E-state index contributed by atoms with van der Waals surface area (Å²) in [5.41, 5.74) is 2.42. The Labute approximate surface area is 151 Å². The van der Waals surface area contributed by atoms with Crippen LogP contribution in [0.25, 0.3) is 21.5 Å². The van der Waals surface area contributed by atoms with Gasteiger partial charge in [0.1, 0.15) is 17.1 Å². The summed E-state index contributed by atoms with van der Waals surface area (Å²) < 4.78 is 6.43. The number of aryl methyl sites for hydroxylation is 1. The van der Waals surface area contributed by atoms with Crippen LogP contribution in [0, 0.1) is 6.92 Å². The molecule has 130 valence electrons. The van der Waals surface area contributed by atoms with Gasteiger partial charge in [0.2, 0.25) is 11.8 Å². The Hall–Kier alpha value is -3.26. The lowest BCUT2D eigenvalue weighted by Gasteiger charge is -2.04. The molecule has 3 aromatic heterocycles. The van der Waals surface area contributed by atoms with Crippen molar-refractivity contribution in [1.82, 2.24) is 14.7 Å². The van der Waals surface area contributed by atoms with E-state index in [0.717, 1.165) is 11.1 Å². The number of benzene rings is 1. The Balaban J connectivity index is 1.49. The first-order valence-electron chi connectivity index (χ1n) is 7.86. The van der Waals surface area contributed by atoms with Crippen LogP contribution in [-0.2, 0) is 11.3 Å². The smallest absolute Gasteiger partial charge is 0.262 e. The largest absolute Gasteiger partial charge is 0.338 e. The lowest BCUT2D eigenvalue weighted by molar-refractivity contribution is -0.116. The number of anilines is 1. The molecule has 4 rings (SSSR count). The fourth-order valence-corrected chi connectivity index (χ4v) is 3.26. The highest BCUT2D eigenvalue weighted by molar-refractivity contribution is 7.16. The molecular weight excluding hydrogens is 352 g/mol. The third-order valence-electron chi connectivity index (χ3n) is 3.88. The van der Waals surface area contributed by atoms with Gasteiger partial charge in [-0.2, -0.15) is 0 Å². The van der Waals surface area contributed by atoms with Crippen LogP contribution in [0.5, 0.6) is 0 Å². The van der Waals surface area contributed by atoms with Crippen LogP contribution in [0.1, 0.15) is 5.56 Å². The van der Waals surface area contributed by atoms with Crippen LogP contribution in [0.2, 0.25) is 0 Å². The van der Waals surface area contributed by atoms with Gasteiger partial charge < -0.3 is 4.52 Å². The molecule has 0 fully saturated rings. The summed E-state index contributed by atoms with van der Waals surface area (Å²) in [6.45, 7) is 1.85. The molecule has 0 aliphatic carbocycles. The van der Waals surface area contributed by atoms with E-state index in [1.54, 1.807) is 17.5 Å². The van der Waals surface area contributed by atoms with Crippen LogP contribution in [0.3, 0.4) is 0 Å². The molecule has 26 heavy (non-hydrogen) atoms. The van der Waals surface area contributed by atoms with Crippen molar-refractivity contribution in [3.8, 4) is 11.3 Å². The van der Waals surface area contributed by atoms with Crippen LogP contribution < -0.4 is 10.9 Å². The van der Waals surface area contributed by atoms with Gasteiger partial charge in [0.15, 0.2) is 0 Å². The van der Waals surface area contributed by atoms with Gasteiger partial charge in [-0.25, -0.2) is 4.98 Å². The number of amides is 1. The van der Waals surface area contributed by atoms with Gasteiger partial charge in [-0.15, -0.1) is 11.3 Å². The van der Waals surface area contributed by atoms with Crippen LogP contribution in [0.15, 0.2) is 57.4 Å². The third-order valence-corrected chi connectivity index (χ3v) is 4.71. The standard InChI is InChI=1S/C18H14N4O3S/c1-11-2-4-12(5-3-11)14-8-16(25-21-14)20-15(23)9-22-10-19-17-13(18(22)24)6-7-26-17/h2-8,10H,9H2,1H3,(H,20,23). The second-order valence-corrected chi connectivity index (χ2v) is 6.70. The van der Waals surface area contributed by atoms with E-state index in [2.05, 4.69) is 15.5 Å². The minimum Gasteiger partial charge on any atom is -0.338 e. The fraction of sp³-hybridized carbons (Fsp3) is 0.111. The second kappa shape index (κ2) is 6.57. The first kappa shape index (κ1) is 16.2. The van der Waals surface area contributed by atoms with Gasteiger partial charge >= 0.3 is 0 Å². The highest BCUT2D eigenvalue weighted by atomic mass is 32.1. The van der Waals surface area contributed by atoms with E-state index in [1.807, 2.05) is 31.2 Å². The van der Waals surface area contributed by atoms with Gasteiger partial charge in [0, 0.05) is 11.6 Å². The van der Waals surface area contributed by atoms with Gasteiger partial charge in [0.05, 0.1) is 11.7 Å². The van der Waals surface area contributed by atoms with Crippen molar-refractivity contribution in [2.45, 2.75) is 13.5 Å². The molecule has 4 aromatic rings. The number of rotatable bonds is 4. The number of nitrogens with zero attached hydrogens (tertiary/aromatic N) is 3. The molecule has 0 aliphatic heterocycles. The lowest BCUT2D eigenvalue weighted by atomic mass is 10.1. The first-order chi connectivity index (χ1) is 12.6. The first-order valence-corrected chi connectivity index (χ1v) is 8.74. The summed E-state index contributed by atoms with van der Waals surface area (Å²) in [4.78, 5) is 29.4. The molecule has 0 saturated carbocycles. The van der Waals surface area contributed by atoms with Gasteiger partial charge in [-0.05, 0) is 18.4 Å². The summed E-state index contributed by atoms with van der Waals surface area (Å²) in [5, 5.41) is 8.87. The van der Waals surface area contributed by atoms with Crippen molar-refractivity contribution in [2.75, 3.05) is 5.32 Å². The number of hydrogen-bond acceptors (Lipinski definition) is 6. The van der Waals surface area contributed by atoms with E-state index < -0.39 is 5.91 Å². The summed E-state index contributed by atoms with van der Waals surface area (Å²) in [7, 11) is 0. The second-order valence-electron chi connectivity index (χ2n) is 5.81. The number of nitrogens with one attached hydrogen (secondary N) is 1. The van der Waals surface area contributed by atoms with E-state index >= 15 is 0 Å². The van der Waals surface area contributed by atoms with E-state index in [-0.39, 0.29) is 18.0 Å². The number of aromatic nitrogens is 3.